The summed E-state index contributed by atoms with van der Waals surface area (Å²) < 4.78 is 25.7. The fourth-order valence-corrected chi connectivity index (χ4v) is 5.74. The number of halogens is 1. The van der Waals surface area contributed by atoms with Crippen molar-refractivity contribution in [2.75, 3.05) is 17.3 Å². The number of methoxy groups -OCH3 is 1. The van der Waals surface area contributed by atoms with Gasteiger partial charge >= 0.3 is 5.97 Å². The predicted molar refractivity (Wildman–Crippen MR) is 137 cm³/mol. The molecule has 2 heterocycles. The number of aliphatic carboxylic acids is 1. The number of aliphatic hydroxyl groups excluding tert-OH is 1. The van der Waals surface area contributed by atoms with Crippen LogP contribution in [0.2, 0.25) is 0 Å². The first-order valence-corrected chi connectivity index (χ1v) is 12.7. The summed E-state index contributed by atoms with van der Waals surface area (Å²) in [6, 6.07) is 2.73. The number of carboxylic acids is 1. The molecule has 12 heteroatoms. The van der Waals surface area contributed by atoms with Gasteiger partial charge in [-0.1, -0.05) is 11.3 Å². The molecule has 3 N–H and O–H groups in total. The molecular formula is C25H29FN4O6S. The van der Waals surface area contributed by atoms with E-state index in [1.54, 1.807) is 20.1 Å². The van der Waals surface area contributed by atoms with Crippen molar-refractivity contribution in [1.82, 2.24) is 9.97 Å². The first-order valence-electron chi connectivity index (χ1n) is 11.9. The lowest BCUT2D eigenvalue weighted by Gasteiger charge is -2.28. The van der Waals surface area contributed by atoms with Gasteiger partial charge in [-0.2, -0.15) is 0 Å². The number of amides is 1. The van der Waals surface area contributed by atoms with Gasteiger partial charge in [0.25, 0.3) is 0 Å². The number of nitrogens with zero attached hydrogens (tertiary/aromatic N) is 3. The Hall–Kier alpha value is -3.35. The molecule has 2 atom stereocenters. The number of rotatable bonds is 10. The largest absolute Gasteiger partial charge is 0.488 e. The number of aryl methyl sites for hydroxylation is 1. The summed E-state index contributed by atoms with van der Waals surface area (Å²) in [5.74, 6) is -1.04. The van der Waals surface area contributed by atoms with Crippen LogP contribution in [-0.4, -0.2) is 64.0 Å². The summed E-state index contributed by atoms with van der Waals surface area (Å²) in [6.45, 7) is 3.03. The molecule has 1 aliphatic rings. The highest BCUT2D eigenvalue weighted by atomic mass is 32.1. The Labute approximate surface area is 217 Å². The van der Waals surface area contributed by atoms with E-state index in [-0.39, 0.29) is 12.2 Å². The molecule has 0 radical (unpaired) electrons. The molecule has 0 aliphatic heterocycles. The van der Waals surface area contributed by atoms with Crippen molar-refractivity contribution in [2.24, 2.45) is 0 Å². The second-order valence-corrected chi connectivity index (χ2v) is 9.97. The zero-order valence-electron chi connectivity index (χ0n) is 20.7. The molecule has 1 unspecified atom stereocenters. The molecule has 10 nitrogen and oxygen atoms in total. The Balaban J connectivity index is 1.67. The molecular weight excluding hydrogens is 503 g/mol. The average molecular weight is 533 g/mol. The van der Waals surface area contributed by atoms with Gasteiger partial charge < -0.3 is 25.0 Å². The Morgan fingerprint density at radius 1 is 1.27 bits per heavy atom. The molecule has 0 saturated heterocycles. The van der Waals surface area contributed by atoms with Crippen LogP contribution in [0.25, 0.3) is 10.2 Å². The van der Waals surface area contributed by atoms with Gasteiger partial charge in [0, 0.05) is 13.2 Å². The van der Waals surface area contributed by atoms with E-state index in [9.17, 15) is 24.2 Å². The zero-order valence-corrected chi connectivity index (χ0v) is 21.5. The molecule has 1 amide bonds. The lowest BCUT2D eigenvalue weighted by molar-refractivity contribution is -0.141. The monoisotopic (exact) mass is 532 g/mol. The number of carbonyl (C=O) groups excluding carboxylic acids is 1. The van der Waals surface area contributed by atoms with E-state index in [0.29, 0.717) is 44.4 Å². The van der Waals surface area contributed by atoms with Gasteiger partial charge in [0.2, 0.25) is 6.41 Å². The quantitative estimate of drug-likeness (QED) is 0.331. The number of aromatic nitrogens is 2. The number of hydrogen-bond donors (Lipinski definition) is 3. The first-order chi connectivity index (χ1) is 17.7. The standard InChI is InChI=1S/C25H29FN4O6S/c1-13-20-22(27-11-28-23(20)37-24(13)30(12-31)21(14(2)32)25(33)34)29-18-9-4-15(26)10-19(18)36-17-7-5-16(35-3)6-8-17/h4,9-12,14,16-17,21,32H,5-8H2,1-3H3,(H,33,34)(H,27,28,29)/t14?,16?,17?,21-/m0/s1. The maximum atomic E-state index is 14.2. The summed E-state index contributed by atoms with van der Waals surface area (Å²) in [6.07, 6.45) is 3.83. The van der Waals surface area contributed by atoms with Crippen molar-refractivity contribution < 1.29 is 33.7 Å². The highest BCUT2D eigenvalue weighted by Crippen LogP contribution is 2.41. The number of thiophene rings is 1. The van der Waals surface area contributed by atoms with Crippen molar-refractivity contribution >= 4 is 50.4 Å². The number of fused-ring (bicyclic) bond motifs is 1. The van der Waals surface area contributed by atoms with Crippen LogP contribution in [0.5, 0.6) is 5.75 Å². The fourth-order valence-electron chi connectivity index (χ4n) is 4.59. The van der Waals surface area contributed by atoms with E-state index in [1.165, 1.54) is 25.4 Å². The second kappa shape index (κ2) is 11.4. The summed E-state index contributed by atoms with van der Waals surface area (Å²) in [5.41, 5.74) is 1.06. The fraction of sp³-hybridized carbons (Fsp3) is 0.440. The molecule has 1 aromatic carbocycles. The van der Waals surface area contributed by atoms with Crippen LogP contribution in [0, 0.1) is 12.7 Å². The van der Waals surface area contributed by atoms with Crippen LogP contribution < -0.4 is 15.0 Å². The number of ether oxygens (including phenoxy) is 2. The minimum absolute atomic E-state index is 0.0803. The van der Waals surface area contributed by atoms with E-state index in [2.05, 4.69) is 15.3 Å². The Morgan fingerprint density at radius 3 is 2.59 bits per heavy atom. The van der Waals surface area contributed by atoms with Gasteiger partial charge in [-0.15, -0.1) is 0 Å². The SMILES string of the molecule is COC1CCC(Oc2cc(F)ccc2Nc2ncnc3sc(N(C=O)[C@H](C(=O)O)C(C)O)c(C)c23)CC1. The number of benzene rings is 1. The van der Waals surface area contributed by atoms with Crippen LogP contribution >= 0.6 is 11.3 Å². The molecule has 4 rings (SSSR count). The summed E-state index contributed by atoms with van der Waals surface area (Å²) in [5, 5.41) is 23.7. The highest BCUT2D eigenvalue weighted by Gasteiger charge is 2.33. The number of nitrogens with one attached hydrogen (secondary N) is 1. The lowest BCUT2D eigenvalue weighted by atomic mass is 9.95. The summed E-state index contributed by atoms with van der Waals surface area (Å²) >= 11 is 1.11. The Bertz CT molecular complexity index is 1280. The molecule has 1 fully saturated rings. The first kappa shape index (κ1) is 26.7. The zero-order chi connectivity index (χ0) is 26.7. The average Bonchev–Trinajstić information content (AvgIpc) is 3.21. The molecule has 3 aromatic rings. The van der Waals surface area contributed by atoms with E-state index in [0.717, 1.165) is 41.9 Å². The number of aliphatic hydroxyl groups is 1. The van der Waals surface area contributed by atoms with E-state index in [1.807, 2.05) is 0 Å². The molecule has 198 valence electrons. The minimum Gasteiger partial charge on any atom is -0.488 e. The third-order valence-electron chi connectivity index (χ3n) is 6.50. The summed E-state index contributed by atoms with van der Waals surface area (Å²) in [7, 11) is 1.70. The third-order valence-corrected chi connectivity index (χ3v) is 7.72. The van der Waals surface area contributed by atoms with E-state index in [4.69, 9.17) is 9.47 Å². The maximum Gasteiger partial charge on any atom is 0.329 e. The van der Waals surface area contributed by atoms with E-state index >= 15 is 0 Å². The van der Waals surface area contributed by atoms with Crippen molar-refractivity contribution in [3.05, 3.63) is 35.9 Å². The van der Waals surface area contributed by atoms with Crippen LogP contribution in [0.3, 0.4) is 0 Å². The molecule has 0 spiro atoms. The van der Waals surface area contributed by atoms with Crippen molar-refractivity contribution in [3.8, 4) is 5.75 Å². The maximum absolute atomic E-state index is 14.2. The van der Waals surface area contributed by atoms with Crippen LogP contribution in [0.15, 0.2) is 24.5 Å². The van der Waals surface area contributed by atoms with Gasteiger partial charge in [-0.25, -0.2) is 19.2 Å². The summed E-state index contributed by atoms with van der Waals surface area (Å²) in [4.78, 5) is 33.8. The molecule has 1 saturated carbocycles. The van der Waals surface area contributed by atoms with Crippen molar-refractivity contribution in [1.29, 1.82) is 0 Å². The van der Waals surface area contributed by atoms with Gasteiger partial charge in [0.15, 0.2) is 6.04 Å². The van der Waals surface area contributed by atoms with E-state index < -0.39 is 23.9 Å². The Kier molecular flexibility index (Phi) is 8.20. The molecule has 0 bridgehead atoms. The van der Waals surface area contributed by atoms with Gasteiger partial charge in [-0.05, 0) is 57.2 Å². The smallest absolute Gasteiger partial charge is 0.329 e. The number of carboxylic acid groups (broad SMARTS) is 1. The molecule has 1 aliphatic carbocycles. The van der Waals surface area contributed by atoms with Crippen LogP contribution in [0.4, 0.5) is 20.9 Å². The second-order valence-electron chi connectivity index (χ2n) is 8.99. The molecule has 2 aromatic heterocycles. The minimum atomic E-state index is -1.47. The highest BCUT2D eigenvalue weighted by molar-refractivity contribution is 7.23. The topological polar surface area (TPSA) is 134 Å². The predicted octanol–water partition coefficient (Wildman–Crippen LogP) is 4.02. The van der Waals surface area contributed by atoms with Crippen molar-refractivity contribution in [2.45, 2.75) is 63.9 Å². The van der Waals surface area contributed by atoms with Crippen LogP contribution in [0.1, 0.15) is 38.2 Å². The third kappa shape index (κ3) is 5.65. The van der Waals surface area contributed by atoms with Gasteiger partial charge in [0.1, 0.15) is 33.5 Å². The van der Waals surface area contributed by atoms with Gasteiger partial charge in [-0.3, -0.25) is 9.69 Å². The Morgan fingerprint density at radius 2 is 1.97 bits per heavy atom. The number of carbonyl (C=O) groups is 2. The number of hydrogen-bond acceptors (Lipinski definition) is 9. The van der Waals surface area contributed by atoms with Crippen LogP contribution in [-0.2, 0) is 14.3 Å². The molecule has 37 heavy (non-hydrogen) atoms. The lowest BCUT2D eigenvalue weighted by Crippen LogP contribution is -2.47. The number of anilines is 3. The normalized spacial score (nSPS) is 19.3. The van der Waals surface area contributed by atoms with Crippen molar-refractivity contribution in [3.63, 3.8) is 0 Å². The van der Waals surface area contributed by atoms with Gasteiger partial charge in [0.05, 0.1) is 29.4 Å².